The summed E-state index contributed by atoms with van der Waals surface area (Å²) in [7, 11) is 0. The molecule has 3 rings (SSSR count). The first kappa shape index (κ1) is 9.46. The number of hydrogen-bond acceptors (Lipinski definition) is 2. The van der Waals surface area contributed by atoms with Gasteiger partial charge in [0.05, 0.1) is 11.7 Å². The van der Waals surface area contributed by atoms with E-state index in [4.69, 9.17) is 9.52 Å². The summed E-state index contributed by atoms with van der Waals surface area (Å²) in [5.74, 6) is -0.667. The quantitative estimate of drug-likeness (QED) is 0.858. The Kier molecular flexibility index (Phi) is 1.84. The Hall–Kier alpha value is -1.77. The molecule has 1 aromatic heterocycles. The van der Waals surface area contributed by atoms with Crippen molar-refractivity contribution in [2.45, 2.75) is 19.3 Å². The zero-order valence-corrected chi connectivity index (χ0v) is 8.77. The Morgan fingerprint density at radius 3 is 2.88 bits per heavy atom. The molecule has 3 nitrogen and oxygen atoms in total. The third-order valence-electron chi connectivity index (χ3n) is 3.37. The predicted octanol–water partition coefficient (Wildman–Crippen LogP) is 2.84. The van der Waals surface area contributed by atoms with Gasteiger partial charge in [-0.25, -0.2) is 0 Å². The van der Waals surface area contributed by atoms with Gasteiger partial charge < -0.3 is 9.52 Å². The van der Waals surface area contributed by atoms with Crippen molar-refractivity contribution in [1.82, 2.24) is 0 Å². The third kappa shape index (κ3) is 1.40. The molecule has 0 saturated heterocycles. The molecule has 1 N–H and O–H groups in total. The predicted molar refractivity (Wildman–Crippen MR) is 59.2 cm³/mol. The number of aliphatic carboxylic acids is 1. The van der Waals surface area contributed by atoms with Crippen LogP contribution in [0.4, 0.5) is 0 Å². The van der Waals surface area contributed by atoms with Gasteiger partial charge >= 0.3 is 5.97 Å². The van der Waals surface area contributed by atoms with E-state index in [1.165, 1.54) is 0 Å². The van der Waals surface area contributed by atoms with Gasteiger partial charge in [-0.15, -0.1) is 0 Å². The lowest BCUT2D eigenvalue weighted by Crippen LogP contribution is -2.17. The van der Waals surface area contributed by atoms with Gasteiger partial charge in [-0.05, 0) is 43.0 Å². The number of furan rings is 1. The second kappa shape index (κ2) is 3.11. The van der Waals surface area contributed by atoms with Crippen LogP contribution in [0.5, 0.6) is 0 Å². The van der Waals surface area contributed by atoms with Crippen LogP contribution in [-0.2, 0) is 11.2 Å². The molecule has 0 bridgehead atoms. The highest BCUT2D eigenvalue weighted by Crippen LogP contribution is 2.48. The topological polar surface area (TPSA) is 50.4 Å². The fourth-order valence-corrected chi connectivity index (χ4v) is 2.13. The number of fused-ring (bicyclic) bond motifs is 1. The Morgan fingerprint density at radius 1 is 1.38 bits per heavy atom. The number of carboxylic acids is 1. The van der Waals surface area contributed by atoms with Crippen molar-refractivity contribution >= 4 is 16.9 Å². The average Bonchev–Trinajstić information content (AvgIpc) is 2.90. The normalized spacial score (nSPS) is 17.5. The second-order valence-corrected chi connectivity index (χ2v) is 4.56. The molecule has 0 unspecified atom stereocenters. The molecule has 2 aromatic rings. The lowest BCUT2D eigenvalue weighted by Gasteiger charge is -2.09. The standard InChI is InChI=1S/C13H12O3/c14-12(15)13(4-5-13)8-9-1-2-11-10(7-9)3-6-16-11/h1-3,6-7H,4-5,8H2,(H,14,15). The summed E-state index contributed by atoms with van der Waals surface area (Å²) in [6.07, 6.45) is 3.87. The van der Waals surface area contributed by atoms with Crippen molar-refractivity contribution in [2.75, 3.05) is 0 Å². The highest BCUT2D eigenvalue weighted by Gasteiger charge is 2.49. The summed E-state index contributed by atoms with van der Waals surface area (Å²) in [5.41, 5.74) is 1.44. The van der Waals surface area contributed by atoms with Crippen molar-refractivity contribution in [1.29, 1.82) is 0 Å². The molecular weight excluding hydrogens is 204 g/mol. The van der Waals surface area contributed by atoms with Gasteiger partial charge in [0.15, 0.2) is 0 Å². The molecule has 3 heteroatoms. The lowest BCUT2D eigenvalue weighted by molar-refractivity contribution is -0.143. The van der Waals surface area contributed by atoms with Crippen LogP contribution in [0, 0.1) is 5.41 Å². The first-order valence-corrected chi connectivity index (χ1v) is 5.39. The molecule has 1 saturated carbocycles. The number of carbonyl (C=O) groups is 1. The second-order valence-electron chi connectivity index (χ2n) is 4.56. The van der Waals surface area contributed by atoms with E-state index >= 15 is 0 Å². The molecule has 0 radical (unpaired) electrons. The van der Waals surface area contributed by atoms with Crippen molar-refractivity contribution in [3.05, 3.63) is 36.1 Å². The maximum Gasteiger partial charge on any atom is 0.309 e. The lowest BCUT2D eigenvalue weighted by atomic mass is 9.96. The maximum absolute atomic E-state index is 11.1. The van der Waals surface area contributed by atoms with Crippen LogP contribution >= 0.6 is 0 Å². The van der Waals surface area contributed by atoms with Crippen LogP contribution < -0.4 is 0 Å². The molecule has 1 aliphatic carbocycles. The zero-order chi connectivity index (χ0) is 11.2. The van der Waals surface area contributed by atoms with Gasteiger partial charge in [-0.1, -0.05) is 6.07 Å². The minimum atomic E-state index is -0.667. The molecule has 1 heterocycles. The van der Waals surface area contributed by atoms with Crippen LogP contribution in [-0.4, -0.2) is 11.1 Å². The minimum absolute atomic E-state index is 0.489. The van der Waals surface area contributed by atoms with Gasteiger partial charge in [0.2, 0.25) is 0 Å². The summed E-state index contributed by atoms with van der Waals surface area (Å²) in [6.45, 7) is 0. The summed E-state index contributed by atoms with van der Waals surface area (Å²) >= 11 is 0. The SMILES string of the molecule is O=C(O)C1(Cc2ccc3occc3c2)CC1. The Bertz CT molecular complexity index is 549. The summed E-state index contributed by atoms with van der Waals surface area (Å²) in [6, 6.07) is 7.78. The zero-order valence-electron chi connectivity index (χ0n) is 8.77. The van der Waals surface area contributed by atoms with E-state index < -0.39 is 11.4 Å². The molecule has 1 aliphatic rings. The third-order valence-corrected chi connectivity index (χ3v) is 3.37. The highest BCUT2D eigenvalue weighted by molar-refractivity contribution is 5.80. The van der Waals surface area contributed by atoms with Gasteiger partial charge in [0.25, 0.3) is 0 Å². The minimum Gasteiger partial charge on any atom is -0.481 e. The molecule has 82 valence electrons. The summed E-state index contributed by atoms with van der Waals surface area (Å²) in [5, 5.41) is 10.2. The molecule has 0 aliphatic heterocycles. The van der Waals surface area contributed by atoms with Gasteiger partial charge in [-0.2, -0.15) is 0 Å². The first-order chi connectivity index (χ1) is 7.70. The van der Waals surface area contributed by atoms with E-state index in [1.54, 1.807) is 6.26 Å². The number of rotatable bonds is 3. The maximum atomic E-state index is 11.1. The van der Waals surface area contributed by atoms with E-state index in [9.17, 15) is 4.79 Å². The van der Waals surface area contributed by atoms with Crippen molar-refractivity contribution in [2.24, 2.45) is 5.41 Å². The van der Waals surface area contributed by atoms with E-state index in [0.29, 0.717) is 6.42 Å². The van der Waals surface area contributed by atoms with Crippen molar-refractivity contribution in [3.8, 4) is 0 Å². The Morgan fingerprint density at radius 2 is 2.19 bits per heavy atom. The summed E-state index contributed by atoms with van der Waals surface area (Å²) < 4.78 is 5.25. The van der Waals surface area contributed by atoms with E-state index in [1.807, 2.05) is 24.3 Å². The number of benzene rings is 1. The average molecular weight is 216 g/mol. The van der Waals surface area contributed by atoms with Crippen molar-refractivity contribution in [3.63, 3.8) is 0 Å². The Balaban J connectivity index is 1.92. The smallest absolute Gasteiger partial charge is 0.309 e. The molecule has 16 heavy (non-hydrogen) atoms. The first-order valence-electron chi connectivity index (χ1n) is 5.39. The highest BCUT2D eigenvalue weighted by atomic mass is 16.4. The van der Waals surface area contributed by atoms with Gasteiger partial charge in [-0.3, -0.25) is 4.79 Å². The summed E-state index contributed by atoms with van der Waals surface area (Å²) in [4.78, 5) is 11.1. The molecule has 0 spiro atoms. The largest absolute Gasteiger partial charge is 0.481 e. The van der Waals surface area contributed by atoms with Crippen LogP contribution in [0.15, 0.2) is 34.9 Å². The van der Waals surface area contributed by atoms with Crippen LogP contribution in [0.1, 0.15) is 18.4 Å². The molecule has 0 atom stereocenters. The number of carboxylic acid groups (broad SMARTS) is 1. The van der Waals surface area contributed by atoms with E-state index in [0.717, 1.165) is 29.4 Å². The molecular formula is C13H12O3. The van der Waals surface area contributed by atoms with Crippen LogP contribution in [0.25, 0.3) is 11.0 Å². The van der Waals surface area contributed by atoms with Crippen LogP contribution in [0.2, 0.25) is 0 Å². The van der Waals surface area contributed by atoms with Gasteiger partial charge in [0, 0.05) is 5.39 Å². The Labute approximate surface area is 92.7 Å². The number of hydrogen-bond donors (Lipinski definition) is 1. The molecule has 0 amide bonds. The van der Waals surface area contributed by atoms with E-state index in [2.05, 4.69) is 0 Å². The fourth-order valence-electron chi connectivity index (χ4n) is 2.13. The monoisotopic (exact) mass is 216 g/mol. The molecule has 1 fully saturated rings. The van der Waals surface area contributed by atoms with Crippen LogP contribution in [0.3, 0.4) is 0 Å². The van der Waals surface area contributed by atoms with Crippen molar-refractivity contribution < 1.29 is 14.3 Å². The molecule has 1 aromatic carbocycles. The van der Waals surface area contributed by atoms with E-state index in [-0.39, 0.29) is 0 Å². The van der Waals surface area contributed by atoms with Gasteiger partial charge in [0.1, 0.15) is 5.58 Å². The fraction of sp³-hybridized carbons (Fsp3) is 0.308.